The van der Waals surface area contributed by atoms with Gasteiger partial charge in [-0.2, -0.15) is 5.26 Å². The maximum Gasteiger partial charge on any atom is 0.135 e. The van der Waals surface area contributed by atoms with E-state index < -0.39 is 0 Å². The predicted molar refractivity (Wildman–Crippen MR) is 89.6 cm³/mol. The number of fused-ring (bicyclic) bond motifs is 1. The third-order valence-corrected chi connectivity index (χ3v) is 4.54. The van der Waals surface area contributed by atoms with Gasteiger partial charge >= 0.3 is 0 Å². The average molecular weight is 331 g/mol. The Morgan fingerprint density at radius 1 is 1.19 bits per heavy atom. The molecule has 102 valence electrons. The van der Waals surface area contributed by atoms with Crippen molar-refractivity contribution >= 4 is 56.4 Å². The highest BCUT2D eigenvalue weighted by molar-refractivity contribution is 7.19. The summed E-state index contributed by atoms with van der Waals surface area (Å²) in [6, 6.07) is 15.2. The molecule has 0 atom stereocenters. The fourth-order valence-corrected chi connectivity index (χ4v) is 3.30. The van der Waals surface area contributed by atoms with E-state index in [2.05, 4.69) is 11.1 Å². The molecule has 2 aromatic carbocycles. The van der Waals surface area contributed by atoms with Gasteiger partial charge in [0, 0.05) is 10.0 Å². The van der Waals surface area contributed by atoms with E-state index in [1.165, 1.54) is 11.3 Å². The van der Waals surface area contributed by atoms with Crippen LogP contribution in [-0.4, -0.2) is 4.98 Å². The average Bonchev–Trinajstić information content (AvgIpc) is 2.90. The van der Waals surface area contributed by atoms with Gasteiger partial charge in [0.1, 0.15) is 11.1 Å². The second-order valence-electron chi connectivity index (χ2n) is 4.32. The first kappa shape index (κ1) is 14.1. The fourth-order valence-electron chi connectivity index (χ4n) is 1.90. The highest BCUT2D eigenvalue weighted by Crippen LogP contribution is 2.30. The number of aromatic nitrogens is 1. The van der Waals surface area contributed by atoms with Crippen LogP contribution in [0.4, 0.5) is 0 Å². The molecule has 0 amide bonds. The number of nitrogens with zero attached hydrogens (tertiary/aromatic N) is 2. The zero-order valence-electron chi connectivity index (χ0n) is 10.7. The molecule has 0 fully saturated rings. The van der Waals surface area contributed by atoms with E-state index in [-0.39, 0.29) is 0 Å². The van der Waals surface area contributed by atoms with Crippen LogP contribution in [0.2, 0.25) is 10.0 Å². The normalized spacial score (nSPS) is 11.6. The van der Waals surface area contributed by atoms with Crippen LogP contribution in [0.1, 0.15) is 10.6 Å². The van der Waals surface area contributed by atoms with Crippen LogP contribution in [0.3, 0.4) is 0 Å². The van der Waals surface area contributed by atoms with Crippen molar-refractivity contribution in [3.8, 4) is 6.07 Å². The van der Waals surface area contributed by atoms with E-state index in [9.17, 15) is 5.26 Å². The van der Waals surface area contributed by atoms with E-state index in [1.54, 1.807) is 24.3 Å². The monoisotopic (exact) mass is 330 g/mol. The van der Waals surface area contributed by atoms with Gasteiger partial charge in [-0.25, -0.2) is 4.98 Å². The molecule has 1 aromatic heterocycles. The molecular formula is C16H8Cl2N2S. The van der Waals surface area contributed by atoms with Crippen molar-refractivity contribution in [3.05, 3.63) is 63.1 Å². The first-order valence-electron chi connectivity index (χ1n) is 6.10. The van der Waals surface area contributed by atoms with Crippen molar-refractivity contribution in [2.45, 2.75) is 0 Å². The Bertz CT molecular complexity index is 858. The summed E-state index contributed by atoms with van der Waals surface area (Å²) in [6.45, 7) is 0. The van der Waals surface area contributed by atoms with Crippen molar-refractivity contribution < 1.29 is 0 Å². The lowest BCUT2D eigenvalue weighted by Gasteiger charge is -1.99. The molecule has 5 heteroatoms. The number of para-hydroxylation sites is 1. The van der Waals surface area contributed by atoms with E-state index in [0.29, 0.717) is 20.6 Å². The molecule has 0 bridgehead atoms. The maximum atomic E-state index is 9.39. The van der Waals surface area contributed by atoms with E-state index >= 15 is 0 Å². The fraction of sp³-hybridized carbons (Fsp3) is 0. The molecule has 1 heterocycles. The maximum absolute atomic E-state index is 9.39. The largest absolute Gasteiger partial charge is 0.235 e. The van der Waals surface area contributed by atoms with Crippen molar-refractivity contribution in [2.24, 2.45) is 0 Å². The summed E-state index contributed by atoms with van der Waals surface area (Å²) in [5, 5.41) is 11.2. The number of halogens is 2. The minimum Gasteiger partial charge on any atom is -0.235 e. The second-order valence-corrected chi connectivity index (χ2v) is 6.20. The quantitative estimate of drug-likeness (QED) is 0.568. The van der Waals surface area contributed by atoms with Crippen LogP contribution >= 0.6 is 34.5 Å². The Balaban J connectivity index is 2.09. The third-order valence-electron chi connectivity index (χ3n) is 2.91. The lowest BCUT2D eigenvalue weighted by molar-refractivity contribution is 1.43. The van der Waals surface area contributed by atoms with Gasteiger partial charge in [-0.15, -0.1) is 11.3 Å². The van der Waals surface area contributed by atoms with Gasteiger partial charge in [0.25, 0.3) is 0 Å². The number of benzene rings is 2. The molecule has 0 saturated heterocycles. The predicted octanol–water partition coefficient (Wildman–Crippen LogP) is 5.67. The minimum atomic E-state index is 0.487. The van der Waals surface area contributed by atoms with Gasteiger partial charge in [-0.05, 0) is 35.9 Å². The third kappa shape index (κ3) is 2.93. The smallest absolute Gasteiger partial charge is 0.135 e. The molecule has 3 aromatic rings. The standard InChI is InChI=1S/C16H8Cl2N2S/c17-12-6-5-10(13(18)8-12)7-11(9-19)16-20-14-3-1-2-4-15(14)21-16/h1-8H/b11-7-. The van der Waals surface area contributed by atoms with E-state index in [4.69, 9.17) is 23.2 Å². The van der Waals surface area contributed by atoms with Gasteiger partial charge < -0.3 is 0 Å². The Labute approximate surface area is 135 Å². The Morgan fingerprint density at radius 2 is 2.00 bits per heavy atom. The highest BCUT2D eigenvalue weighted by Gasteiger charge is 2.09. The summed E-state index contributed by atoms with van der Waals surface area (Å²) in [6.07, 6.45) is 1.73. The lowest BCUT2D eigenvalue weighted by Crippen LogP contribution is -1.82. The molecule has 0 saturated carbocycles. The first-order valence-corrected chi connectivity index (χ1v) is 7.67. The molecule has 0 radical (unpaired) electrons. The molecule has 2 nitrogen and oxygen atoms in total. The highest BCUT2D eigenvalue weighted by atomic mass is 35.5. The molecule has 3 rings (SSSR count). The number of hydrogen-bond acceptors (Lipinski definition) is 3. The Morgan fingerprint density at radius 3 is 2.71 bits per heavy atom. The zero-order valence-corrected chi connectivity index (χ0v) is 13.0. The number of hydrogen-bond donors (Lipinski definition) is 0. The van der Waals surface area contributed by atoms with Crippen LogP contribution in [0.25, 0.3) is 21.9 Å². The summed E-state index contributed by atoms with van der Waals surface area (Å²) in [5.41, 5.74) is 2.12. The van der Waals surface area contributed by atoms with Crippen molar-refractivity contribution in [1.29, 1.82) is 5.26 Å². The minimum absolute atomic E-state index is 0.487. The summed E-state index contributed by atoms with van der Waals surface area (Å²) in [5.74, 6) is 0. The van der Waals surface area contributed by atoms with Crippen LogP contribution < -0.4 is 0 Å². The van der Waals surface area contributed by atoms with E-state index in [1.807, 2.05) is 24.3 Å². The molecule has 0 aliphatic carbocycles. The van der Waals surface area contributed by atoms with Gasteiger partial charge in [0.2, 0.25) is 0 Å². The number of rotatable bonds is 2. The summed E-state index contributed by atoms with van der Waals surface area (Å²) in [4.78, 5) is 4.49. The zero-order chi connectivity index (χ0) is 14.8. The van der Waals surface area contributed by atoms with Crippen LogP contribution in [-0.2, 0) is 0 Å². The van der Waals surface area contributed by atoms with Crippen molar-refractivity contribution in [2.75, 3.05) is 0 Å². The molecule has 0 N–H and O–H groups in total. The lowest BCUT2D eigenvalue weighted by atomic mass is 10.1. The van der Waals surface area contributed by atoms with Gasteiger partial charge in [0.05, 0.1) is 15.8 Å². The molecule has 0 aliphatic rings. The van der Waals surface area contributed by atoms with Crippen LogP contribution in [0.15, 0.2) is 42.5 Å². The molecule has 0 spiro atoms. The molecular weight excluding hydrogens is 323 g/mol. The number of allylic oxidation sites excluding steroid dienone is 1. The topological polar surface area (TPSA) is 36.7 Å². The molecule has 21 heavy (non-hydrogen) atoms. The second kappa shape index (κ2) is 5.87. The number of nitriles is 1. The van der Waals surface area contributed by atoms with Crippen LogP contribution in [0, 0.1) is 11.3 Å². The summed E-state index contributed by atoms with van der Waals surface area (Å²) < 4.78 is 1.05. The SMILES string of the molecule is N#C/C(=C/c1ccc(Cl)cc1Cl)c1nc2ccccc2s1. The van der Waals surface area contributed by atoms with Gasteiger partial charge in [-0.3, -0.25) is 0 Å². The molecule has 0 unspecified atom stereocenters. The molecule has 0 aliphatic heterocycles. The Kier molecular flexibility index (Phi) is 3.94. The van der Waals surface area contributed by atoms with Gasteiger partial charge in [-0.1, -0.05) is 41.4 Å². The van der Waals surface area contributed by atoms with Crippen molar-refractivity contribution in [1.82, 2.24) is 4.98 Å². The van der Waals surface area contributed by atoms with Crippen molar-refractivity contribution in [3.63, 3.8) is 0 Å². The van der Waals surface area contributed by atoms with Crippen LogP contribution in [0.5, 0.6) is 0 Å². The van der Waals surface area contributed by atoms with Gasteiger partial charge in [0.15, 0.2) is 0 Å². The van der Waals surface area contributed by atoms with E-state index in [0.717, 1.165) is 15.8 Å². The first-order chi connectivity index (χ1) is 10.2. The Hall–Kier alpha value is -1.86. The number of thiazole rings is 1. The summed E-state index contributed by atoms with van der Waals surface area (Å²) >= 11 is 13.5. The summed E-state index contributed by atoms with van der Waals surface area (Å²) in [7, 11) is 0.